The van der Waals surface area contributed by atoms with Crippen LogP contribution in [0.15, 0.2) is 47.0 Å². The average molecular weight is 434 g/mol. The van der Waals surface area contributed by atoms with Crippen LogP contribution in [0.5, 0.6) is 5.75 Å². The number of carbonyl (C=O) groups excluding carboxylic acids is 1. The van der Waals surface area contributed by atoms with Crippen LogP contribution < -0.4 is 10.1 Å². The molecule has 1 aliphatic rings. The molecule has 6 nitrogen and oxygen atoms in total. The number of aromatic nitrogens is 1. The first-order valence-corrected chi connectivity index (χ1v) is 11.3. The number of hydrogen-bond donors (Lipinski definition) is 1. The molecule has 0 spiro atoms. The van der Waals surface area contributed by atoms with Gasteiger partial charge < -0.3 is 14.6 Å². The highest BCUT2D eigenvalue weighted by atomic mass is 16.5. The zero-order valence-electron chi connectivity index (χ0n) is 19.1. The number of benzene rings is 2. The second-order valence-corrected chi connectivity index (χ2v) is 8.54. The topological polar surface area (TPSA) is 67.6 Å². The third-order valence-corrected chi connectivity index (χ3v) is 6.19. The van der Waals surface area contributed by atoms with Crippen LogP contribution in [-0.4, -0.2) is 29.1 Å². The van der Waals surface area contributed by atoms with Crippen molar-refractivity contribution >= 4 is 11.6 Å². The fourth-order valence-electron chi connectivity index (χ4n) is 4.03. The number of piperidine rings is 1. The molecule has 4 rings (SSSR count). The Morgan fingerprint density at radius 2 is 1.81 bits per heavy atom. The Kier molecular flexibility index (Phi) is 6.90. The number of amides is 1. The Morgan fingerprint density at radius 1 is 1.06 bits per heavy atom. The molecule has 1 aliphatic heterocycles. The minimum Gasteiger partial charge on any atom is -0.488 e. The van der Waals surface area contributed by atoms with Crippen LogP contribution in [-0.2, 0) is 13.2 Å². The van der Waals surface area contributed by atoms with Gasteiger partial charge in [0.2, 0.25) is 0 Å². The van der Waals surface area contributed by atoms with Gasteiger partial charge in [-0.2, -0.15) is 0 Å². The molecular formula is C26H31N3O3. The summed E-state index contributed by atoms with van der Waals surface area (Å²) in [6.07, 6.45) is 3.89. The van der Waals surface area contributed by atoms with Gasteiger partial charge in [-0.25, -0.2) is 0 Å². The van der Waals surface area contributed by atoms with Crippen molar-refractivity contribution in [3.05, 3.63) is 76.2 Å². The standard InChI is InChI=1S/C26H31N3O3/c1-18-8-7-9-24(19(18)2)31-17-23-20(3)32-28-25(23)26(30)27-22-12-10-21(11-13-22)16-29-14-5-4-6-15-29/h7-13H,4-6,14-17H2,1-3H3,(H,27,30). The minimum atomic E-state index is -0.301. The molecule has 1 amide bonds. The van der Waals surface area contributed by atoms with E-state index in [0.717, 1.165) is 42.2 Å². The fraction of sp³-hybridized carbons (Fsp3) is 0.385. The molecule has 2 heterocycles. The van der Waals surface area contributed by atoms with Crippen LogP contribution in [0.4, 0.5) is 5.69 Å². The van der Waals surface area contributed by atoms with Crippen LogP contribution in [0, 0.1) is 20.8 Å². The lowest BCUT2D eigenvalue weighted by molar-refractivity contribution is 0.101. The predicted octanol–water partition coefficient (Wildman–Crippen LogP) is 5.42. The Morgan fingerprint density at radius 3 is 2.56 bits per heavy atom. The lowest BCUT2D eigenvalue weighted by Gasteiger charge is -2.26. The molecule has 3 aromatic rings. The third kappa shape index (κ3) is 5.19. The molecule has 0 unspecified atom stereocenters. The quantitative estimate of drug-likeness (QED) is 0.539. The van der Waals surface area contributed by atoms with Crippen LogP contribution in [0.25, 0.3) is 0 Å². The number of ether oxygens (including phenoxy) is 1. The van der Waals surface area contributed by atoms with Gasteiger partial charge in [0.1, 0.15) is 18.1 Å². The highest BCUT2D eigenvalue weighted by Crippen LogP contribution is 2.24. The highest BCUT2D eigenvalue weighted by molar-refractivity contribution is 6.03. The molecule has 0 bridgehead atoms. The van der Waals surface area contributed by atoms with E-state index < -0.39 is 0 Å². The number of anilines is 1. The summed E-state index contributed by atoms with van der Waals surface area (Å²) in [5.41, 5.74) is 5.14. The first-order valence-electron chi connectivity index (χ1n) is 11.3. The third-order valence-electron chi connectivity index (χ3n) is 6.19. The summed E-state index contributed by atoms with van der Waals surface area (Å²) < 4.78 is 11.3. The van der Waals surface area contributed by atoms with E-state index in [-0.39, 0.29) is 18.2 Å². The van der Waals surface area contributed by atoms with Gasteiger partial charge in [0.25, 0.3) is 5.91 Å². The van der Waals surface area contributed by atoms with Crippen molar-refractivity contribution in [2.75, 3.05) is 18.4 Å². The maximum absolute atomic E-state index is 12.9. The van der Waals surface area contributed by atoms with Gasteiger partial charge in [0, 0.05) is 12.2 Å². The summed E-state index contributed by atoms with van der Waals surface area (Å²) in [4.78, 5) is 15.4. The molecular weight excluding hydrogens is 402 g/mol. The van der Waals surface area contributed by atoms with E-state index >= 15 is 0 Å². The van der Waals surface area contributed by atoms with Crippen molar-refractivity contribution in [2.24, 2.45) is 0 Å². The maximum Gasteiger partial charge on any atom is 0.278 e. The monoisotopic (exact) mass is 433 g/mol. The average Bonchev–Trinajstić information content (AvgIpc) is 3.17. The Hall–Kier alpha value is -3.12. The van der Waals surface area contributed by atoms with Gasteiger partial charge >= 0.3 is 0 Å². The molecule has 1 saturated heterocycles. The zero-order chi connectivity index (χ0) is 22.5. The van der Waals surface area contributed by atoms with E-state index in [4.69, 9.17) is 9.26 Å². The van der Waals surface area contributed by atoms with Crippen LogP contribution in [0.1, 0.15) is 57.8 Å². The maximum atomic E-state index is 12.9. The number of nitrogens with zero attached hydrogens (tertiary/aromatic N) is 2. The number of carbonyl (C=O) groups is 1. The number of nitrogens with one attached hydrogen (secondary N) is 1. The molecule has 6 heteroatoms. The largest absolute Gasteiger partial charge is 0.488 e. The molecule has 1 aromatic heterocycles. The van der Waals surface area contributed by atoms with Crippen LogP contribution >= 0.6 is 0 Å². The Balaban J connectivity index is 1.40. The molecule has 0 aliphatic carbocycles. The summed E-state index contributed by atoms with van der Waals surface area (Å²) in [5, 5.41) is 6.92. The summed E-state index contributed by atoms with van der Waals surface area (Å²) in [7, 11) is 0. The SMILES string of the molecule is Cc1cccc(OCc2c(C(=O)Nc3ccc(CN4CCCCC4)cc3)noc2C)c1C. The van der Waals surface area contributed by atoms with E-state index in [1.807, 2.05) is 44.2 Å². The summed E-state index contributed by atoms with van der Waals surface area (Å²) >= 11 is 0. The van der Waals surface area contributed by atoms with Gasteiger partial charge in [-0.05, 0) is 81.6 Å². The summed E-state index contributed by atoms with van der Waals surface area (Å²) in [6.45, 7) is 9.36. The second-order valence-electron chi connectivity index (χ2n) is 8.54. The van der Waals surface area contributed by atoms with E-state index in [0.29, 0.717) is 11.3 Å². The van der Waals surface area contributed by atoms with E-state index in [2.05, 4.69) is 27.5 Å². The van der Waals surface area contributed by atoms with Crippen molar-refractivity contribution in [1.82, 2.24) is 10.1 Å². The molecule has 168 valence electrons. The first kappa shape index (κ1) is 22.1. The Bertz CT molecular complexity index is 1070. The van der Waals surface area contributed by atoms with Gasteiger partial charge in [-0.1, -0.05) is 35.8 Å². The minimum absolute atomic E-state index is 0.219. The highest BCUT2D eigenvalue weighted by Gasteiger charge is 2.21. The Labute approximate surface area is 189 Å². The van der Waals surface area contributed by atoms with Gasteiger partial charge in [0.15, 0.2) is 5.69 Å². The summed E-state index contributed by atoms with van der Waals surface area (Å²) in [6, 6.07) is 14.0. The van der Waals surface area contributed by atoms with Gasteiger partial charge in [0.05, 0.1) is 5.56 Å². The molecule has 0 radical (unpaired) electrons. The molecule has 0 atom stereocenters. The van der Waals surface area contributed by atoms with Crippen molar-refractivity contribution in [3.8, 4) is 5.75 Å². The number of rotatable bonds is 7. The van der Waals surface area contributed by atoms with Crippen LogP contribution in [0.3, 0.4) is 0 Å². The summed E-state index contributed by atoms with van der Waals surface area (Å²) in [5.74, 6) is 1.07. The molecule has 2 aromatic carbocycles. The second kappa shape index (κ2) is 10.0. The van der Waals surface area contributed by atoms with Crippen molar-refractivity contribution in [1.29, 1.82) is 0 Å². The molecule has 1 fully saturated rings. The van der Waals surface area contributed by atoms with Gasteiger partial charge in [-0.3, -0.25) is 9.69 Å². The fourth-order valence-corrected chi connectivity index (χ4v) is 4.03. The van der Waals surface area contributed by atoms with Gasteiger partial charge in [-0.15, -0.1) is 0 Å². The number of hydrogen-bond acceptors (Lipinski definition) is 5. The lowest BCUT2D eigenvalue weighted by atomic mass is 10.1. The zero-order valence-corrected chi connectivity index (χ0v) is 19.1. The van der Waals surface area contributed by atoms with Crippen molar-refractivity contribution in [3.63, 3.8) is 0 Å². The molecule has 0 saturated carbocycles. The molecule has 1 N–H and O–H groups in total. The molecule has 32 heavy (non-hydrogen) atoms. The normalized spacial score (nSPS) is 14.3. The van der Waals surface area contributed by atoms with E-state index in [1.165, 1.54) is 24.8 Å². The van der Waals surface area contributed by atoms with Crippen molar-refractivity contribution < 1.29 is 14.1 Å². The smallest absolute Gasteiger partial charge is 0.278 e. The lowest BCUT2D eigenvalue weighted by Crippen LogP contribution is -2.29. The first-order chi connectivity index (χ1) is 15.5. The van der Waals surface area contributed by atoms with Crippen LogP contribution in [0.2, 0.25) is 0 Å². The number of likely N-dealkylation sites (tertiary alicyclic amines) is 1. The van der Waals surface area contributed by atoms with Crippen molar-refractivity contribution in [2.45, 2.75) is 53.2 Å². The van der Waals surface area contributed by atoms with E-state index in [9.17, 15) is 4.79 Å². The number of aryl methyl sites for hydroxylation is 2. The van der Waals surface area contributed by atoms with E-state index in [1.54, 1.807) is 6.92 Å². The predicted molar refractivity (Wildman–Crippen MR) is 125 cm³/mol.